The van der Waals surface area contributed by atoms with Gasteiger partial charge in [-0.2, -0.15) is 0 Å². The SMILES string of the molecule is CCOC(=O)c1ccccc1NC(=O)C1CC(=O)N(c2ccc(N3CCCC3)cc2)C1. The molecule has 0 aliphatic carbocycles. The highest BCUT2D eigenvalue weighted by atomic mass is 16.5. The Labute approximate surface area is 182 Å². The van der Waals surface area contributed by atoms with E-state index in [1.165, 1.54) is 12.8 Å². The van der Waals surface area contributed by atoms with Gasteiger partial charge in [-0.15, -0.1) is 0 Å². The molecule has 2 fully saturated rings. The van der Waals surface area contributed by atoms with E-state index in [-0.39, 0.29) is 24.8 Å². The molecule has 2 heterocycles. The predicted octanol–water partition coefficient (Wildman–Crippen LogP) is 3.46. The van der Waals surface area contributed by atoms with Crippen molar-refractivity contribution in [2.24, 2.45) is 5.92 Å². The molecule has 0 bridgehead atoms. The number of para-hydroxylation sites is 1. The largest absolute Gasteiger partial charge is 0.462 e. The van der Waals surface area contributed by atoms with Crippen LogP contribution in [0, 0.1) is 5.92 Å². The van der Waals surface area contributed by atoms with Crippen LogP contribution in [0.3, 0.4) is 0 Å². The summed E-state index contributed by atoms with van der Waals surface area (Å²) in [5, 5.41) is 2.81. The third-order valence-corrected chi connectivity index (χ3v) is 5.81. The van der Waals surface area contributed by atoms with Gasteiger partial charge in [-0.25, -0.2) is 4.79 Å². The maximum Gasteiger partial charge on any atom is 0.340 e. The summed E-state index contributed by atoms with van der Waals surface area (Å²) in [4.78, 5) is 41.6. The smallest absolute Gasteiger partial charge is 0.340 e. The number of anilines is 3. The van der Waals surface area contributed by atoms with E-state index in [1.54, 1.807) is 36.1 Å². The first-order valence-electron chi connectivity index (χ1n) is 10.8. The van der Waals surface area contributed by atoms with Gasteiger partial charge in [0.2, 0.25) is 11.8 Å². The van der Waals surface area contributed by atoms with E-state index < -0.39 is 11.9 Å². The Bertz CT molecular complexity index is 967. The van der Waals surface area contributed by atoms with E-state index in [0.29, 0.717) is 17.8 Å². The third-order valence-electron chi connectivity index (χ3n) is 5.81. The zero-order chi connectivity index (χ0) is 21.8. The lowest BCUT2D eigenvalue weighted by atomic mass is 10.1. The average Bonchev–Trinajstić information content (AvgIpc) is 3.44. The van der Waals surface area contributed by atoms with Gasteiger partial charge in [0.15, 0.2) is 0 Å². The molecule has 2 aliphatic rings. The van der Waals surface area contributed by atoms with Crippen LogP contribution in [0.2, 0.25) is 0 Å². The van der Waals surface area contributed by atoms with E-state index in [1.807, 2.05) is 24.3 Å². The molecule has 2 saturated heterocycles. The second-order valence-corrected chi connectivity index (χ2v) is 7.87. The Hall–Kier alpha value is -3.35. The van der Waals surface area contributed by atoms with Gasteiger partial charge in [0.25, 0.3) is 0 Å². The molecule has 1 unspecified atom stereocenters. The van der Waals surface area contributed by atoms with Crippen LogP contribution in [0.4, 0.5) is 17.1 Å². The molecule has 7 nitrogen and oxygen atoms in total. The van der Waals surface area contributed by atoms with Gasteiger partial charge in [0.1, 0.15) is 0 Å². The van der Waals surface area contributed by atoms with Crippen molar-refractivity contribution in [2.45, 2.75) is 26.2 Å². The Kier molecular flexibility index (Phi) is 6.21. The molecule has 2 aliphatic heterocycles. The highest BCUT2D eigenvalue weighted by Gasteiger charge is 2.35. The maximum atomic E-state index is 12.8. The lowest BCUT2D eigenvalue weighted by Gasteiger charge is -2.21. The summed E-state index contributed by atoms with van der Waals surface area (Å²) in [5.74, 6) is -1.32. The number of carbonyl (C=O) groups excluding carboxylic acids is 3. The van der Waals surface area contributed by atoms with E-state index in [9.17, 15) is 14.4 Å². The number of rotatable bonds is 6. The van der Waals surface area contributed by atoms with E-state index in [4.69, 9.17) is 4.74 Å². The van der Waals surface area contributed by atoms with Crippen molar-refractivity contribution in [3.8, 4) is 0 Å². The number of amides is 2. The fourth-order valence-electron chi connectivity index (χ4n) is 4.17. The zero-order valence-corrected chi connectivity index (χ0v) is 17.7. The summed E-state index contributed by atoms with van der Waals surface area (Å²) in [6.07, 6.45) is 2.56. The van der Waals surface area contributed by atoms with Gasteiger partial charge in [-0.3, -0.25) is 9.59 Å². The van der Waals surface area contributed by atoms with Crippen LogP contribution in [0.25, 0.3) is 0 Å². The Morgan fingerprint density at radius 2 is 1.71 bits per heavy atom. The normalized spacial score (nSPS) is 18.4. The number of hydrogen-bond donors (Lipinski definition) is 1. The van der Waals surface area contributed by atoms with Gasteiger partial charge in [-0.1, -0.05) is 12.1 Å². The molecule has 2 amide bonds. The van der Waals surface area contributed by atoms with E-state index >= 15 is 0 Å². The summed E-state index contributed by atoms with van der Waals surface area (Å²) in [5.41, 5.74) is 2.66. The topological polar surface area (TPSA) is 78.9 Å². The lowest BCUT2D eigenvalue weighted by molar-refractivity contribution is -0.122. The van der Waals surface area contributed by atoms with Gasteiger partial charge < -0.3 is 19.9 Å². The van der Waals surface area contributed by atoms with Crippen molar-refractivity contribution in [3.05, 3.63) is 54.1 Å². The molecule has 2 aromatic rings. The first-order valence-corrected chi connectivity index (χ1v) is 10.8. The minimum absolute atomic E-state index is 0.0762. The number of benzene rings is 2. The van der Waals surface area contributed by atoms with E-state index in [0.717, 1.165) is 24.5 Å². The highest BCUT2D eigenvalue weighted by molar-refractivity contribution is 6.06. The molecule has 0 spiro atoms. The fourth-order valence-corrected chi connectivity index (χ4v) is 4.17. The number of carbonyl (C=O) groups is 3. The van der Waals surface area contributed by atoms with Crippen LogP contribution in [-0.2, 0) is 14.3 Å². The molecule has 0 saturated carbocycles. The van der Waals surface area contributed by atoms with Crippen molar-refractivity contribution < 1.29 is 19.1 Å². The van der Waals surface area contributed by atoms with Crippen molar-refractivity contribution in [1.29, 1.82) is 0 Å². The average molecular weight is 421 g/mol. The molecule has 1 N–H and O–H groups in total. The number of esters is 1. The molecule has 7 heteroatoms. The quantitative estimate of drug-likeness (QED) is 0.723. The van der Waals surface area contributed by atoms with Crippen molar-refractivity contribution in [1.82, 2.24) is 0 Å². The van der Waals surface area contributed by atoms with Crippen molar-refractivity contribution in [2.75, 3.05) is 41.4 Å². The van der Waals surface area contributed by atoms with Crippen LogP contribution >= 0.6 is 0 Å². The van der Waals surface area contributed by atoms with Crippen LogP contribution in [-0.4, -0.2) is 44.0 Å². The van der Waals surface area contributed by atoms with Crippen molar-refractivity contribution in [3.63, 3.8) is 0 Å². The molecule has 1 atom stereocenters. The Morgan fingerprint density at radius 1 is 1.03 bits per heavy atom. The fraction of sp³-hybridized carbons (Fsp3) is 0.375. The van der Waals surface area contributed by atoms with Gasteiger partial charge in [0, 0.05) is 37.4 Å². The Morgan fingerprint density at radius 3 is 2.42 bits per heavy atom. The number of nitrogens with zero attached hydrogens (tertiary/aromatic N) is 2. The maximum absolute atomic E-state index is 12.8. The van der Waals surface area contributed by atoms with Gasteiger partial charge in [0.05, 0.1) is 23.8 Å². The molecule has 4 rings (SSSR count). The lowest BCUT2D eigenvalue weighted by Crippen LogP contribution is -2.28. The minimum Gasteiger partial charge on any atom is -0.462 e. The highest BCUT2D eigenvalue weighted by Crippen LogP contribution is 2.29. The van der Waals surface area contributed by atoms with Crippen molar-refractivity contribution >= 4 is 34.8 Å². The third kappa shape index (κ3) is 4.55. The monoisotopic (exact) mass is 421 g/mol. The number of nitrogens with one attached hydrogen (secondary N) is 1. The minimum atomic E-state index is -0.486. The summed E-state index contributed by atoms with van der Waals surface area (Å²) >= 11 is 0. The van der Waals surface area contributed by atoms with Crippen LogP contribution in [0.1, 0.15) is 36.5 Å². The predicted molar refractivity (Wildman–Crippen MR) is 119 cm³/mol. The standard InChI is InChI=1S/C24H27N3O4/c1-2-31-24(30)20-7-3-4-8-21(20)25-23(29)17-15-22(28)27(16-17)19-11-9-18(10-12-19)26-13-5-6-14-26/h3-4,7-12,17H,2,5-6,13-16H2,1H3,(H,25,29). The molecule has 31 heavy (non-hydrogen) atoms. The molecular formula is C24H27N3O4. The molecular weight excluding hydrogens is 394 g/mol. The van der Waals surface area contributed by atoms with Crippen LogP contribution < -0.4 is 15.1 Å². The van der Waals surface area contributed by atoms with Crippen LogP contribution in [0.5, 0.6) is 0 Å². The molecule has 2 aromatic carbocycles. The van der Waals surface area contributed by atoms with Crippen LogP contribution in [0.15, 0.2) is 48.5 Å². The Balaban J connectivity index is 1.42. The second kappa shape index (κ2) is 9.20. The molecule has 0 radical (unpaired) electrons. The summed E-state index contributed by atoms with van der Waals surface area (Å²) in [6.45, 7) is 4.43. The number of hydrogen-bond acceptors (Lipinski definition) is 5. The summed E-state index contributed by atoms with van der Waals surface area (Å²) in [6, 6.07) is 14.7. The number of ether oxygens (including phenoxy) is 1. The second-order valence-electron chi connectivity index (χ2n) is 7.87. The first-order chi connectivity index (χ1) is 15.1. The van der Waals surface area contributed by atoms with E-state index in [2.05, 4.69) is 10.2 Å². The first kappa shape index (κ1) is 20.9. The summed E-state index contributed by atoms with van der Waals surface area (Å²) < 4.78 is 5.06. The van der Waals surface area contributed by atoms with Gasteiger partial charge >= 0.3 is 5.97 Å². The zero-order valence-electron chi connectivity index (χ0n) is 17.7. The summed E-state index contributed by atoms with van der Waals surface area (Å²) in [7, 11) is 0. The molecule has 162 valence electrons. The molecule has 0 aromatic heterocycles. The van der Waals surface area contributed by atoms with Gasteiger partial charge in [-0.05, 0) is 56.2 Å².